The predicted molar refractivity (Wildman–Crippen MR) is 121 cm³/mol. The first-order valence-corrected chi connectivity index (χ1v) is 9.78. The van der Waals surface area contributed by atoms with E-state index in [4.69, 9.17) is 9.47 Å². The number of ether oxygens (including phenoxy) is 2. The zero-order chi connectivity index (χ0) is 22.4. The Morgan fingerprint density at radius 3 is 2.25 bits per heavy atom. The van der Waals surface area contributed by atoms with Crippen LogP contribution in [0.25, 0.3) is 0 Å². The molecule has 1 fully saturated rings. The smallest absolute Gasteiger partial charge is 0.337 e. The third-order valence-electron chi connectivity index (χ3n) is 5.09. The molecule has 1 aliphatic heterocycles. The summed E-state index contributed by atoms with van der Waals surface area (Å²) in [6.45, 7) is 2.14. The molecule has 0 aliphatic carbocycles. The zero-order valence-electron chi connectivity index (χ0n) is 17.9. The Bertz CT molecular complexity index is 976. The number of carbonyl (C=O) groups excluding carboxylic acids is 2. The number of carboxylic acids is 1. The molecule has 2 N–H and O–H groups in total. The predicted octanol–water partition coefficient (Wildman–Crippen LogP) is 2.22. The van der Waals surface area contributed by atoms with Gasteiger partial charge in [-0.1, -0.05) is 12.1 Å². The minimum Gasteiger partial charge on any atom is -0.493 e. The van der Waals surface area contributed by atoms with Crippen molar-refractivity contribution in [1.29, 1.82) is 0 Å². The molecule has 0 aromatic heterocycles. The lowest BCUT2D eigenvalue weighted by Gasteiger charge is -2.34. The fourth-order valence-corrected chi connectivity index (χ4v) is 3.43. The van der Waals surface area contributed by atoms with E-state index in [1.807, 2.05) is 4.90 Å². The molecule has 32 heavy (non-hydrogen) atoms. The summed E-state index contributed by atoms with van der Waals surface area (Å²) >= 11 is 0. The van der Waals surface area contributed by atoms with Crippen LogP contribution < -0.4 is 14.8 Å². The fourth-order valence-electron chi connectivity index (χ4n) is 3.43. The van der Waals surface area contributed by atoms with Crippen LogP contribution in [0.5, 0.6) is 11.5 Å². The van der Waals surface area contributed by atoms with E-state index in [0.29, 0.717) is 43.2 Å². The molecule has 3 rings (SSSR count). The number of rotatable bonds is 7. The van der Waals surface area contributed by atoms with Crippen LogP contribution in [0.15, 0.2) is 42.5 Å². The molecule has 0 unspecified atom stereocenters. The van der Waals surface area contributed by atoms with Gasteiger partial charge in [0.15, 0.2) is 11.5 Å². The number of nitrogens with zero attached hydrogens (tertiary/aromatic N) is 2. The van der Waals surface area contributed by atoms with E-state index in [1.54, 1.807) is 41.3 Å². The lowest BCUT2D eigenvalue weighted by molar-refractivity contribution is -0.117. The van der Waals surface area contributed by atoms with Gasteiger partial charge in [-0.05, 0) is 30.3 Å². The number of anilines is 1. The second-order valence-electron chi connectivity index (χ2n) is 7.04. The van der Waals surface area contributed by atoms with Crippen molar-refractivity contribution in [2.24, 2.45) is 0 Å². The summed E-state index contributed by atoms with van der Waals surface area (Å²) in [7, 11) is 3.06. The summed E-state index contributed by atoms with van der Waals surface area (Å²) in [6, 6.07) is 11.3. The lowest BCUT2D eigenvalue weighted by Crippen LogP contribution is -2.50. The molecule has 0 saturated carbocycles. The highest BCUT2D eigenvalue weighted by Crippen LogP contribution is 2.28. The quantitative estimate of drug-likeness (QED) is 0.648. The van der Waals surface area contributed by atoms with E-state index >= 15 is 0 Å². The van der Waals surface area contributed by atoms with Gasteiger partial charge in [0.05, 0.1) is 32.0 Å². The maximum absolute atomic E-state index is 12.8. The normalized spacial score (nSPS) is 13.6. The van der Waals surface area contributed by atoms with Crippen LogP contribution in [0.2, 0.25) is 0 Å². The van der Waals surface area contributed by atoms with Gasteiger partial charge >= 0.3 is 5.97 Å². The number of piperazine rings is 1. The van der Waals surface area contributed by atoms with E-state index in [2.05, 4.69) is 5.32 Å². The largest absolute Gasteiger partial charge is 0.493 e. The van der Waals surface area contributed by atoms with Crippen LogP contribution in [0.3, 0.4) is 0 Å². The molecule has 10 heteroatoms. The lowest BCUT2D eigenvalue weighted by atomic mass is 10.1. The Kier molecular flexibility index (Phi) is 8.86. The molecule has 2 amide bonds. The standard InChI is InChI=1S/C22H25N3O6.ClH/c1-30-18-8-7-15(13-19(18)31-2)21(27)25-11-9-24(10-12-25)14-20(26)23-17-6-4-3-5-16(17)22(28)29;/h3-8,13H,9-12,14H2,1-2H3,(H,23,26)(H,28,29);1H. The highest BCUT2D eigenvalue weighted by molar-refractivity contribution is 6.01. The van der Waals surface area contributed by atoms with Crippen molar-refractivity contribution in [2.45, 2.75) is 0 Å². The van der Waals surface area contributed by atoms with Crippen LogP contribution in [0.4, 0.5) is 5.69 Å². The topological polar surface area (TPSA) is 108 Å². The van der Waals surface area contributed by atoms with Crippen LogP contribution in [0, 0.1) is 0 Å². The van der Waals surface area contributed by atoms with Crippen LogP contribution in [-0.2, 0) is 4.79 Å². The monoisotopic (exact) mass is 463 g/mol. The molecule has 0 atom stereocenters. The number of nitrogens with one attached hydrogen (secondary N) is 1. The van der Waals surface area contributed by atoms with Gasteiger partial charge in [-0.25, -0.2) is 4.79 Å². The van der Waals surface area contributed by atoms with E-state index in [0.717, 1.165) is 0 Å². The fraction of sp³-hybridized carbons (Fsp3) is 0.318. The van der Waals surface area contributed by atoms with Crippen molar-refractivity contribution in [2.75, 3.05) is 52.3 Å². The summed E-state index contributed by atoms with van der Waals surface area (Å²) in [6.07, 6.45) is 0. The zero-order valence-corrected chi connectivity index (χ0v) is 18.7. The van der Waals surface area contributed by atoms with Crippen molar-refractivity contribution in [3.05, 3.63) is 53.6 Å². The molecule has 2 aromatic carbocycles. The summed E-state index contributed by atoms with van der Waals surface area (Å²) in [5.74, 6) is -0.461. The molecule has 1 saturated heterocycles. The molecule has 1 aliphatic rings. The number of para-hydroxylation sites is 1. The molecule has 0 spiro atoms. The van der Waals surface area contributed by atoms with Crippen molar-refractivity contribution in [3.63, 3.8) is 0 Å². The van der Waals surface area contributed by atoms with Crippen molar-refractivity contribution in [1.82, 2.24) is 9.80 Å². The minimum atomic E-state index is -1.10. The Morgan fingerprint density at radius 1 is 0.969 bits per heavy atom. The minimum absolute atomic E-state index is 0. The summed E-state index contributed by atoms with van der Waals surface area (Å²) in [5, 5.41) is 11.9. The highest BCUT2D eigenvalue weighted by Gasteiger charge is 2.24. The second-order valence-corrected chi connectivity index (χ2v) is 7.04. The van der Waals surface area contributed by atoms with Gasteiger partial charge in [0.25, 0.3) is 5.91 Å². The summed E-state index contributed by atoms with van der Waals surface area (Å²) in [5.41, 5.74) is 0.817. The van der Waals surface area contributed by atoms with E-state index < -0.39 is 5.97 Å². The first kappa shape index (κ1) is 25.0. The van der Waals surface area contributed by atoms with E-state index in [1.165, 1.54) is 20.3 Å². The molecule has 1 heterocycles. The maximum atomic E-state index is 12.8. The van der Waals surface area contributed by atoms with Gasteiger partial charge in [-0.3, -0.25) is 14.5 Å². The first-order chi connectivity index (χ1) is 14.9. The number of amides is 2. The maximum Gasteiger partial charge on any atom is 0.337 e. The van der Waals surface area contributed by atoms with E-state index in [9.17, 15) is 19.5 Å². The van der Waals surface area contributed by atoms with Gasteiger partial charge in [0.1, 0.15) is 0 Å². The Balaban J connectivity index is 0.00000363. The van der Waals surface area contributed by atoms with Gasteiger partial charge in [0, 0.05) is 31.7 Å². The molecule has 0 bridgehead atoms. The summed E-state index contributed by atoms with van der Waals surface area (Å²) in [4.78, 5) is 40.1. The van der Waals surface area contributed by atoms with Crippen LogP contribution in [-0.4, -0.2) is 79.6 Å². The number of hydrogen-bond acceptors (Lipinski definition) is 6. The van der Waals surface area contributed by atoms with Crippen molar-refractivity contribution >= 4 is 35.9 Å². The molecular weight excluding hydrogens is 438 g/mol. The van der Waals surface area contributed by atoms with Gasteiger partial charge in [-0.2, -0.15) is 0 Å². The van der Waals surface area contributed by atoms with E-state index in [-0.39, 0.29) is 42.0 Å². The van der Waals surface area contributed by atoms with Crippen LogP contribution >= 0.6 is 12.4 Å². The second kappa shape index (κ2) is 11.4. The number of benzene rings is 2. The number of methoxy groups -OCH3 is 2. The van der Waals surface area contributed by atoms with Crippen molar-refractivity contribution < 1.29 is 29.0 Å². The average molecular weight is 464 g/mol. The number of carboxylic acid groups (broad SMARTS) is 1. The molecule has 9 nitrogen and oxygen atoms in total. The molecule has 172 valence electrons. The van der Waals surface area contributed by atoms with Gasteiger partial charge in [-0.15, -0.1) is 12.4 Å². The third-order valence-corrected chi connectivity index (χ3v) is 5.09. The van der Waals surface area contributed by atoms with Crippen LogP contribution in [0.1, 0.15) is 20.7 Å². The van der Waals surface area contributed by atoms with Gasteiger partial charge in [0.2, 0.25) is 5.91 Å². The highest BCUT2D eigenvalue weighted by atomic mass is 35.5. The Morgan fingerprint density at radius 2 is 1.62 bits per heavy atom. The Labute approximate surface area is 192 Å². The Hall–Kier alpha value is -3.30. The molecule has 0 radical (unpaired) electrons. The van der Waals surface area contributed by atoms with Crippen molar-refractivity contribution in [3.8, 4) is 11.5 Å². The third kappa shape index (κ3) is 5.89. The number of aromatic carboxylic acids is 1. The SMILES string of the molecule is COc1ccc(C(=O)N2CCN(CC(=O)Nc3ccccc3C(=O)O)CC2)cc1OC.Cl. The average Bonchev–Trinajstić information content (AvgIpc) is 2.78. The number of hydrogen-bond donors (Lipinski definition) is 2. The van der Waals surface area contributed by atoms with Gasteiger partial charge < -0.3 is 24.8 Å². The number of halogens is 1. The molecular formula is C22H26ClN3O6. The first-order valence-electron chi connectivity index (χ1n) is 9.78. The number of carbonyl (C=O) groups is 3. The summed E-state index contributed by atoms with van der Waals surface area (Å²) < 4.78 is 10.5. The molecule has 2 aromatic rings.